The lowest BCUT2D eigenvalue weighted by Crippen LogP contribution is -1.80. The first-order valence-electron chi connectivity index (χ1n) is 4.16. The highest BCUT2D eigenvalue weighted by atomic mass is 16.5. The summed E-state index contributed by atoms with van der Waals surface area (Å²) in [5.41, 5.74) is 0. The van der Waals surface area contributed by atoms with Crippen molar-refractivity contribution in [2.75, 3.05) is 0 Å². The van der Waals surface area contributed by atoms with Gasteiger partial charge in [-0.3, -0.25) is 0 Å². The maximum Gasteiger partial charge on any atom is 0.127 e. The molecule has 0 spiro atoms. The zero-order valence-corrected chi connectivity index (χ0v) is 7.23. The van der Waals surface area contributed by atoms with Gasteiger partial charge in [0.15, 0.2) is 0 Å². The molecule has 0 bridgehead atoms. The summed E-state index contributed by atoms with van der Waals surface area (Å²) in [5.74, 6) is 0.828. The summed E-state index contributed by atoms with van der Waals surface area (Å²) in [6.07, 6.45) is 1.43. The number of hydrogen-bond acceptors (Lipinski definition) is 1. The van der Waals surface area contributed by atoms with E-state index in [0.29, 0.717) is 0 Å². The van der Waals surface area contributed by atoms with Crippen molar-refractivity contribution in [1.29, 1.82) is 0 Å². The SMILES string of the molecule is C=COc1ccc2ccccc2c1. The summed E-state index contributed by atoms with van der Waals surface area (Å²) in [7, 11) is 0. The lowest BCUT2D eigenvalue weighted by molar-refractivity contribution is 0.484. The van der Waals surface area contributed by atoms with Gasteiger partial charge in [0.05, 0.1) is 6.26 Å². The predicted octanol–water partition coefficient (Wildman–Crippen LogP) is 3.36. The van der Waals surface area contributed by atoms with E-state index in [1.54, 1.807) is 0 Å². The molecule has 2 aromatic rings. The average molecular weight is 170 g/mol. The van der Waals surface area contributed by atoms with E-state index in [0.717, 1.165) is 5.75 Å². The van der Waals surface area contributed by atoms with Crippen molar-refractivity contribution in [3.8, 4) is 5.75 Å². The molecule has 2 aromatic carbocycles. The molecule has 0 aliphatic rings. The minimum absolute atomic E-state index is 0.828. The van der Waals surface area contributed by atoms with Crippen LogP contribution in [0, 0.1) is 0 Å². The molecule has 2 rings (SSSR count). The molecule has 0 aliphatic carbocycles. The summed E-state index contributed by atoms with van der Waals surface area (Å²) in [5, 5.41) is 2.40. The molecule has 0 aromatic heterocycles. The van der Waals surface area contributed by atoms with Crippen molar-refractivity contribution in [1.82, 2.24) is 0 Å². The van der Waals surface area contributed by atoms with Gasteiger partial charge in [-0.2, -0.15) is 0 Å². The molecule has 0 N–H and O–H groups in total. The van der Waals surface area contributed by atoms with E-state index in [9.17, 15) is 0 Å². The van der Waals surface area contributed by atoms with Gasteiger partial charge in [0.25, 0.3) is 0 Å². The number of fused-ring (bicyclic) bond motifs is 1. The molecule has 0 heterocycles. The molecular formula is C12H10O. The van der Waals surface area contributed by atoms with Crippen LogP contribution in [0.1, 0.15) is 0 Å². The third-order valence-corrected chi connectivity index (χ3v) is 1.94. The highest BCUT2D eigenvalue weighted by Crippen LogP contribution is 2.20. The van der Waals surface area contributed by atoms with Gasteiger partial charge in [0, 0.05) is 0 Å². The fourth-order valence-corrected chi connectivity index (χ4v) is 1.34. The summed E-state index contributed by atoms with van der Waals surface area (Å²) in [4.78, 5) is 0. The second kappa shape index (κ2) is 3.31. The third kappa shape index (κ3) is 1.54. The third-order valence-electron chi connectivity index (χ3n) is 1.94. The lowest BCUT2D eigenvalue weighted by Gasteiger charge is -2.01. The van der Waals surface area contributed by atoms with Crippen molar-refractivity contribution < 1.29 is 4.74 Å². The van der Waals surface area contributed by atoms with E-state index in [4.69, 9.17) is 4.74 Å². The quantitative estimate of drug-likeness (QED) is 0.628. The molecule has 0 fully saturated rings. The smallest absolute Gasteiger partial charge is 0.127 e. The molecule has 0 saturated heterocycles. The molecular weight excluding hydrogens is 160 g/mol. The monoisotopic (exact) mass is 170 g/mol. The number of benzene rings is 2. The minimum atomic E-state index is 0.828. The van der Waals surface area contributed by atoms with E-state index < -0.39 is 0 Å². The summed E-state index contributed by atoms with van der Waals surface area (Å²) in [6.45, 7) is 3.51. The van der Waals surface area contributed by atoms with Crippen molar-refractivity contribution >= 4 is 10.8 Å². The van der Waals surface area contributed by atoms with E-state index >= 15 is 0 Å². The van der Waals surface area contributed by atoms with Gasteiger partial charge in [0.1, 0.15) is 5.75 Å². The lowest BCUT2D eigenvalue weighted by atomic mass is 10.1. The van der Waals surface area contributed by atoms with Gasteiger partial charge < -0.3 is 4.74 Å². The van der Waals surface area contributed by atoms with Crippen LogP contribution in [0.2, 0.25) is 0 Å². The highest BCUT2D eigenvalue weighted by molar-refractivity contribution is 5.83. The minimum Gasteiger partial charge on any atom is -0.466 e. The summed E-state index contributed by atoms with van der Waals surface area (Å²) < 4.78 is 5.18. The number of rotatable bonds is 2. The van der Waals surface area contributed by atoms with E-state index in [1.807, 2.05) is 30.3 Å². The normalized spacial score (nSPS) is 9.85. The van der Waals surface area contributed by atoms with Crippen LogP contribution in [0.4, 0.5) is 0 Å². The zero-order chi connectivity index (χ0) is 9.10. The Morgan fingerprint density at radius 1 is 1.00 bits per heavy atom. The van der Waals surface area contributed by atoms with Crippen LogP contribution in [0.5, 0.6) is 5.75 Å². The Morgan fingerprint density at radius 2 is 1.77 bits per heavy atom. The Balaban J connectivity index is 2.55. The van der Waals surface area contributed by atoms with Gasteiger partial charge in [-0.15, -0.1) is 0 Å². The zero-order valence-electron chi connectivity index (χ0n) is 7.23. The largest absolute Gasteiger partial charge is 0.466 e. The first-order valence-corrected chi connectivity index (χ1v) is 4.16. The highest BCUT2D eigenvalue weighted by Gasteiger charge is 1.94. The molecule has 13 heavy (non-hydrogen) atoms. The second-order valence-electron chi connectivity index (χ2n) is 2.79. The van der Waals surface area contributed by atoms with Crippen LogP contribution in [-0.2, 0) is 0 Å². The number of ether oxygens (including phenoxy) is 1. The summed E-state index contributed by atoms with van der Waals surface area (Å²) >= 11 is 0. The first-order chi connectivity index (χ1) is 6.40. The van der Waals surface area contributed by atoms with Crippen molar-refractivity contribution in [2.45, 2.75) is 0 Å². The van der Waals surface area contributed by atoms with Crippen molar-refractivity contribution in [2.24, 2.45) is 0 Å². The van der Waals surface area contributed by atoms with E-state index in [2.05, 4.69) is 18.7 Å². The van der Waals surface area contributed by atoms with Crippen LogP contribution in [0.25, 0.3) is 10.8 Å². The molecule has 64 valence electrons. The Hall–Kier alpha value is -1.76. The molecule has 0 unspecified atom stereocenters. The maximum absolute atomic E-state index is 5.18. The van der Waals surface area contributed by atoms with E-state index in [1.165, 1.54) is 17.0 Å². The van der Waals surface area contributed by atoms with Crippen LogP contribution >= 0.6 is 0 Å². The standard InChI is InChI=1S/C12H10O/c1-2-13-12-8-7-10-5-3-4-6-11(10)9-12/h2-9H,1H2. The van der Waals surface area contributed by atoms with Gasteiger partial charge in [-0.1, -0.05) is 36.9 Å². The Labute approximate surface area is 77.3 Å². The number of hydrogen-bond donors (Lipinski definition) is 0. The molecule has 0 atom stereocenters. The van der Waals surface area contributed by atoms with Gasteiger partial charge in [0.2, 0.25) is 0 Å². The summed E-state index contributed by atoms with van der Waals surface area (Å²) in [6, 6.07) is 14.1. The van der Waals surface area contributed by atoms with Crippen molar-refractivity contribution in [3.05, 3.63) is 55.3 Å². The Bertz CT molecular complexity index is 432. The molecule has 0 amide bonds. The van der Waals surface area contributed by atoms with Gasteiger partial charge in [-0.25, -0.2) is 0 Å². The van der Waals surface area contributed by atoms with Crippen LogP contribution in [0.3, 0.4) is 0 Å². The van der Waals surface area contributed by atoms with Crippen LogP contribution < -0.4 is 4.74 Å². The van der Waals surface area contributed by atoms with Crippen LogP contribution in [-0.4, -0.2) is 0 Å². The van der Waals surface area contributed by atoms with Crippen LogP contribution in [0.15, 0.2) is 55.3 Å². The maximum atomic E-state index is 5.18. The predicted molar refractivity (Wildman–Crippen MR) is 54.8 cm³/mol. The van der Waals surface area contributed by atoms with Gasteiger partial charge in [-0.05, 0) is 22.9 Å². The molecule has 0 saturated carbocycles. The molecule has 0 radical (unpaired) electrons. The molecule has 0 aliphatic heterocycles. The topological polar surface area (TPSA) is 9.23 Å². The molecule has 1 nitrogen and oxygen atoms in total. The Kier molecular flexibility index (Phi) is 2.01. The first kappa shape index (κ1) is 7.87. The Morgan fingerprint density at radius 3 is 2.54 bits per heavy atom. The van der Waals surface area contributed by atoms with Gasteiger partial charge >= 0.3 is 0 Å². The van der Waals surface area contributed by atoms with Crippen molar-refractivity contribution in [3.63, 3.8) is 0 Å². The second-order valence-corrected chi connectivity index (χ2v) is 2.79. The van der Waals surface area contributed by atoms with E-state index in [-0.39, 0.29) is 0 Å². The average Bonchev–Trinajstić information content (AvgIpc) is 2.18. The molecule has 1 heteroatoms. The fourth-order valence-electron chi connectivity index (χ4n) is 1.34. The fraction of sp³-hybridized carbons (Fsp3) is 0.